The van der Waals surface area contributed by atoms with E-state index in [1.807, 2.05) is 52.9 Å². The Balaban J connectivity index is 0.689. The van der Waals surface area contributed by atoms with Crippen LogP contribution in [0.1, 0.15) is 69.9 Å². The fraction of sp³-hybridized carbons (Fsp3) is 0.472. The largest absolute Gasteiger partial charge is 0.449 e. The second-order valence-electron chi connectivity index (χ2n) is 18.7. The molecule has 2 unspecified atom stereocenters. The zero-order valence-corrected chi connectivity index (χ0v) is 43.5. The monoisotopic (exact) mass is 1060 g/mol. The molecule has 1 aromatic heterocycles. The molecular formula is C53H68N8O13S. The third-order valence-electron chi connectivity index (χ3n) is 12.0. The highest BCUT2D eigenvalue weighted by Crippen LogP contribution is 2.44. The number of ether oxygens (including phenoxy) is 6. The molecule has 21 nitrogen and oxygen atoms in total. The number of benzene rings is 3. The summed E-state index contributed by atoms with van der Waals surface area (Å²) < 4.78 is 40.2. The molecule has 6 N–H and O–H groups in total. The Hall–Kier alpha value is -6.85. The average molecular weight is 1060 g/mol. The number of carbonyl (C=O) groups is 5. The van der Waals surface area contributed by atoms with Gasteiger partial charge in [0.1, 0.15) is 23.9 Å². The molecule has 75 heavy (non-hydrogen) atoms. The van der Waals surface area contributed by atoms with Crippen LogP contribution in [-0.2, 0) is 49.3 Å². The fourth-order valence-electron chi connectivity index (χ4n) is 8.38. The second kappa shape index (κ2) is 28.2. The van der Waals surface area contributed by atoms with Crippen molar-refractivity contribution < 1.29 is 56.9 Å². The third-order valence-corrected chi connectivity index (χ3v) is 12.8. The summed E-state index contributed by atoms with van der Waals surface area (Å²) in [6.45, 7) is 9.09. The quantitative estimate of drug-likeness (QED) is 0.0355. The van der Waals surface area contributed by atoms with Crippen LogP contribution >= 0.6 is 11.8 Å². The first-order valence-corrected chi connectivity index (χ1v) is 26.2. The molecule has 2 atom stereocenters. The van der Waals surface area contributed by atoms with Gasteiger partial charge in [-0.25, -0.2) is 9.59 Å². The van der Waals surface area contributed by atoms with Gasteiger partial charge in [-0.15, -0.1) is 0 Å². The minimum atomic E-state index is -0.876. The van der Waals surface area contributed by atoms with E-state index in [-0.39, 0.29) is 67.4 Å². The minimum Gasteiger partial charge on any atom is -0.449 e. The first kappa shape index (κ1) is 55.9. The van der Waals surface area contributed by atoms with Crippen LogP contribution in [0, 0.1) is 0 Å². The van der Waals surface area contributed by atoms with E-state index in [9.17, 15) is 28.8 Å². The summed E-state index contributed by atoms with van der Waals surface area (Å²) in [6.07, 6.45) is 4.38. The van der Waals surface area contributed by atoms with E-state index in [4.69, 9.17) is 32.9 Å². The molecule has 3 heterocycles. The van der Waals surface area contributed by atoms with Gasteiger partial charge in [-0.2, -0.15) is 4.74 Å². The maximum atomic E-state index is 13.3. The van der Waals surface area contributed by atoms with E-state index in [1.54, 1.807) is 56.9 Å². The van der Waals surface area contributed by atoms with Crippen LogP contribution in [0.15, 0.2) is 99.6 Å². The Morgan fingerprint density at radius 1 is 0.760 bits per heavy atom. The molecule has 3 aliphatic rings. The van der Waals surface area contributed by atoms with Crippen molar-refractivity contribution in [2.24, 2.45) is 0 Å². The van der Waals surface area contributed by atoms with E-state index in [0.29, 0.717) is 107 Å². The molecule has 2 aliphatic heterocycles. The summed E-state index contributed by atoms with van der Waals surface area (Å²) in [5.74, 6) is -1.00. The Morgan fingerprint density at radius 3 is 2.08 bits per heavy atom. The Kier molecular flexibility index (Phi) is 21.0. The van der Waals surface area contributed by atoms with Crippen molar-refractivity contribution in [3.63, 3.8) is 0 Å². The molecule has 0 fully saturated rings. The summed E-state index contributed by atoms with van der Waals surface area (Å²) in [5, 5.41) is 19.3. The van der Waals surface area contributed by atoms with Crippen LogP contribution in [0.4, 0.5) is 15.3 Å². The lowest BCUT2D eigenvalue weighted by molar-refractivity contribution is -0.123. The highest BCUT2D eigenvalue weighted by molar-refractivity contribution is 8.02. The van der Waals surface area contributed by atoms with Gasteiger partial charge in [-0.1, -0.05) is 60.3 Å². The van der Waals surface area contributed by atoms with Crippen molar-refractivity contribution in [1.29, 1.82) is 0 Å². The van der Waals surface area contributed by atoms with E-state index >= 15 is 0 Å². The lowest BCUT2D eigenvalue weighted by Gasteiger charge is -2.21. The number of fused-ring (bicyclic) bond motifs is 5. The number of carbonyl (C=O) groups excluding carboxylic acids is 5. The molecule has 3 aromatic carbocycles. The van der Waals surface area contributed by atoms with Crippen LogP contribution in [0.2, 0.25) is 0 Å². The highest BCUT2D eigenvalue weighted by atomic mass is 32.2. The summed E-state index contributed by atoms with van der Waals surface area (Å²) in [4.78, 5) is 78.6. The van der Waals surface area contributed by atoms with E-state index in [2.05, 4.69) is 44.0 Å². The van der Waals surface area contributed by atoms with Crippen LogP contribution in [0.3, 0.4) is 0 Å². The molecular weight excluding hydrogens is 989 g/mol. The first-order chi connectivity index (χ1) is 36.3. The number of hydrogen-bond acceptors (Lipinski definition) is 16. The summed E-state index contributed by atoms with van der Waals surface area (Å²) >= 11 is 1.56. The van der Waals surface area contributed by atoms with Crippen molar-refractivity contribution in [2.45, 2.75) is 82.5 Å². The number of rotatable bonds is 30. The van der Waals surface area contributed by atoms with Gasteiger partial charge in [0, 0.05) is 50.1 Å². The van der Waals surface area contributed by atoms with Crippen molar-refractivity contribution in [3.8, 4) is 11.1 Å². The molecule has 0 bridgehead atoms. The van der Waals surface area contributed by atoms with Crippen LogP contribution < -0.4 is 37.5 Å². The fourth-order valence-corrected chi connectivity index (χ4v) is 9.21. The molecule has 1 aliphatic carbocycles. The molecule has 0 radical (unpaired) electrons. The third kappa shape index (κ3) is 17.1. The maximum absolute atomic E-state index is 13.3. The normalized spacial score (nSPS) is 14.8. The zero-order chi connectivity index (χ0) is 53.0. The standard InChI is InChI=1S/C53H68N8O13S/c1-53(2,3)73-51(66)56-19-9-8-15-43(59-52(67)72-35-42-39-13-6-4-11-37(39)38-12-5-7-14-40(38)42)47(63)55-21-25-69-27-29-71-31-30-70-28-26-68-24-20-54-46(62)16-10-22-61-49(65)41-33-36(17-18-45(41)74-61)57-48(64)44-34-60-23-32-75-50(60)58-44/h4-7,11-14,17-18,23,32-34,42-43,50,58H,8-10,15-16,19-22,24-31,35H2,1-3H3,(H,54,62)(H,55,63)(H,56,66)(H,57,64)(H,59,67). The SMILES string of the molecule is CC(C)(C)OC(=O)NCCCCC(NC(=O)OCC1c2ccccc2-c2ccccc21)C(=O)NCCOCCOCCOCCOCCNC(=O)CCCn1oc2ccc(NC(=O)C3=CN4C=CSC4N3)cc2c1=O. The predicted octanol–water partition coefficient (Wildman–Crippen LogP) is 5.46. The number of hydrogen-bond donors (Lipinski definition) is 6. The van der Waals surface area contributed by atoms with Gasteiger partial charge in [-0.3, -0.25) is 19.2 Å². The van der Waals surface area contributed by atoms with Crippen molar-refractivity contribution in [1.82, 2.24) is 36.2 Å². The molecule has 0 saturated heterocycles. The molecule has 7 rings (SSSR count). The lowest BCUT2D eigenvalue weighted by atomic mass is 9.98. The van der Waals surface area contributed by atoms with Gasteiger partial charge >= 0.3 is 12.2 Å². The maximum Gasteiger partial charge on any atom is 0.407 e. The highest BCUT2D eigenvalue weighted by Gasteiger charge is 2.31. The second-order valence-corrected chi connectivity index (χ2v) is 19.7. The van der Waals surface area contributed by atoms with Gasteiger partial charge in [0.15, 0.2) is 11.1 Å². The minimum absolute atomic E-state index is 0.0336. The van der Waals surface area contributed by atoms with Crippen molar-refractivity contribution >= 4 is 58.3 Å². The molecule has 4 aromatic rings. The molecule has 5 amide bonds. The van der Waals surface area contributed by atoms with Gasteiger partial charge in [-0.05, 0) is 92.3 Å². The number of thioether (sulfide) groups is 1. The number of nitrogens with one attached hydrogen (secondary N) is 6. The Bertz CT molecular complexity index is 2660. The first-order valence-electron chi connectivity index (χ1n) is 25.3. The topological polar surface area (TPSA) is 251 Å². The average Bonchev–Trinajstić information content (AvgIpc) is 4.17. The van der Waals surface area contributed by atoms with Gasteiger partial charge < -0.3 is 69.7 Å². The summed E-state index contributed by atoms with van der Waals surface area (Å²) in [7, 11) is 0. The molecule has 22 heteroatoms. The van der Waals surface area contributed by atoms with Crippen molar-refractivity contribution in [3.05, 3.63) is 112 Å². The van der Waals surface area contributed by atoms with Crippen molar-refractivity contribution in [2.75, 3.05) is 84.4 Å². The number of anilines is 1. The molecule has 0 spiro atoms. The number of unbranched alkanes of at least 4 members (excludes halogenated alkanes) is 1. The summed E-state index contributed by atoms with van der Waals surface area (Å²) in [6, 6.07) is 20.1. The Labute approximate surface area is 439 Å². The van der Waals surface area contributed by atoms with Crippen LogP contribution in [0.25, 0.3) is 22.1 Å². The van der Waals surface area contributed by atoms with Gasteiger partial charge in [0.2, 0.25) is 11.8 Å². The number of nitrogens with zero attached hydrogens (tertiary/aromatic N) is 2. The van der Waals surface area contributed by atoms with E-state index in [0.717, 1.165) is 22.3 Å². The van der Waals surface area contributed by atoms with Crippen LogP contribution in [-0.4, -0.2) is 136 Å². The Morgan fingerprint density at radius 2 is 1.41 bits per heavy atom. The number of aryl methyl sites for hydroxylation is 1. The van der Waals surface area contributed by atoms with Gasteiger partial charge in [0.05, 0.1) is 64.8 Å². The molecule has 0 saturated carbocycles. The van der Waals surface area contributed by atoms with E-state index < -0.39 is 23.8 Å². The summed E-state index contributed by atoms with van der Waals surface area (Å²) in [5.41, 5.74) is 4.67. The number of amides is 5. The lowest BCUT2D eigenvalue weighted by Crippen LogP contribution is -2.47. The smallest absolute Gasteiger partial charge is 0.407 e. The number of aromatic nitrogens is 1. The predicted molar refractivity (Wildman–Crippen MR) is 281 cm³/mol. The molecule has 404 valence electrons. The van der Waals surface area contributed by atoms with Crippen LogP contribution in [0.5, 0.6) is 0 Å². The van der Waals surface area contributed by atoms with Gasteiger partial charge in [0.25, 0.3) is 11.5 Å². The zero-order valence-electron chi connectivity index (χ0n) is 42.7. The number of alkyl carbamates (subject to hydrolysis) is 2. The van der Waals surface area contributed by atoms with E-state index in [1.165, 1.54) is 4.74 Å².